The van der Waals surface area contributed by atoms with E-state index < -0.39 is 86.6 Å². The average molecular weight is 1190 g/mol. The predicted molar refractivity (Wildman–Crippen MR) is 311 cm³/mol. The third-order valence-electron chi connectivity index (χ3n) is 18.6. The number of hydrogen-bond donors (Lipinski definition) is 0. The van der Waals surface area contributed by atoms with Crippen molar-refractivity contribution in [3.63, 3.8) is 0 Å². The zero-order valence-corrected chi connectivity index (χ0v) is 57.7. The van der Waals surface area contributed by atoms with Gasteiger partial charge in [0.1, 0.15) is 0 Å². The van der Waals surface area contributed by atoms with E-state index in [0.717, 1.165) is 180 Å². The molecule has 12 nitrogen and oxygen atoms in total. The molecule has 73 heavy (non-hydrogen) atoms. The molecule has 0 N–H and O–H groups in total. The Bertz CT molecular complexity index is 1590. The Balaban J connectivity index is 1.35. The largest absolute Gasteiger partial charge is 0.482 e. The van der Waals surface area contributed by atoms with Crippen LogP contribution < -0.4 is 0 Å². The van der Waals surface area contributed by atoms with Crippen LogP contribution in [0.15, 0.2) is 0 Å². The highest BCUT2D eigenvalue weighted by atomic mass is 28.6. The molecule has 0 amide bonds. The van der Waals surface area contributed by atoms with Crippen LogP contribution in [0.1, 0.15) is 225 Å². The maximum atomic E-state index is 8.95. The third-order valence-corrected chi connectivity index (χ3v) is 60.9. The van der Waals surface area contributed by atoms with Crippen LogP contribution in [0.4, 0.5) is 0 Å². The molecule has 0 aromatic heterocycles. The molecule has 4 bridgehead atoms. The Morgan fingerprint density at radius 1 is 0.219 bits per heavy atom. The van der Waals surface area contributed by atoms with Gasteiger partial charge in [0.15, 0.2) is 25.0 Å². The van der Waals surface area contributed by atoms with Gasteiger partial charge in [-0.2, -0.15) is 0 Å². The maximum Gasteiger partial charge on any atom is 0.482 e. The molecule has 3 saturated heterocycles. The van der Waals surface area contributed by atoms with Crippen molar-refractivity contribution >= 4 is 86.6 Å². The van der Waals surface area contributed by atoms with E-state index >= 15 is 0 Å². The monoisotopic (exact) mass is 1190 g/mol. The molecule has 0 aromatic rings. The van der Waals surface area contributed by atoms with Gasteiger partial charge < -0.3 is 49.4 Å². The molecule has 0 atom stereocenters. The van der Waals surface area contributed by atoms with Gasteiger partial charge in [0, 0.05) is 38.8 Å². The van der Waals surface area contributed by atoms with Crippen molar-refractivity contribution in [3.8, 4) is 0 Å². The van der Waals surface area contributed by atoms with Gasteiger partial charge >= 0.3 is 61.6 Å². The minimum absolute atomic E-state index is 0.0273. The first kappa shape index (κ1) is 57.9. The molecule has 3 aliphatic heterocycles. The van der Waals surface area contributed by atoms with Crippen molar-refractivity contribution in [3.05, 3.63) is 0 Å². The molecule has 10 rings (SSSR count). The Morgan fingerprint density at radius 3 is 0.534 bits per heavy atom. The minimum atomic E-state index is -4.11. The van der Waals surface area contributed by atoms with Crippen LogP contribution in [0.3, 0.4) is 0 Å². The summed E-state index contributed by atoms with van der Waals surface area (Å²) in [6, 6.07) is 0. The van der Waals surface area contributed by atoms with Crippen LogP contribution in [0.25, 0.3) is 0 Å². The van der Waals surface area contributed by atoms with E-state index in [2.05, 4.69) is 58.9 Å². The summed E-state index contributed by atoms with van der Waals surface area (Å²) in [5.41, 5.74) is 0.318. The van der Waals surface area contributed by atoms with Crippen molar-refractivity contribution < 1.29 is 49.4 Å². The summed E-state index contributed by atoms with van der Waals surface area (Å²) in [4.78, 5) is 0. The lowest BCUT2D eigenvalue weighted by molar-refractivity contribution is -0.0139. The van der Waals surface area contributed by atoms with Crippen molar-refractivity contribution in [2.75, 3.05) is 0 Å². The number of hydrogen-bond acceptors (Lipinski definition) is 12. The normalized spacial score (nSPS) is 40.9. The molecule has 7 saturated carbocycles. The highest BCUT2D eigenvalue weighted by molar-refractivity contribution is 7.02. The second-order valence-electron chi connectivity index (χ2n) is 28.1. The van der Waals surface area contributed by atoms with Crippen molar-refractivity contribution in [2.45, 2.75) is 322 Å². The summed E-state index contributed by atoms with van der Waals surface area (Å²) in [6.45, 7) is 21.3. The summed E-state index contributed by atoms with van der Waals surface area (Å²) in [5, 5.41) is 0. The highest BCUT2D eigenvalue weighted by Crippen LogP contribution is 2.63. The molecule has 10 fully saturated rings. The first-order valence-electron chi connectivity index (χ1n) is 31.1. The maximum absolute atomic E-state index is 8.95. The van der Waals surface area contributed by atoms with Crippen LogP contribution in [-0.2, 0) is 49.4 Å². The minimum Gasteiger partial charge on any atom is -0.417 e. The van der Waals surface area contributed by atoms with Gasteiger partial charge in [0.05, 0.1) is 0 Å². The molecule has 0 unspecified atom stereocenters. The SMILES string of the molecule is C[Si](C)(C)O[Si]1(C2CCCCC2)O[Si]2(C3CCCCC3)O[Si](O[Si](C)(C)C)(C3CCCCC3)O[Si]3(C4CCCCC4)O[Si](O[Si](C)(C)C)(C4CCCCC4)O[Si](C4CCCCC4)(O1)O[Si](C1CCCCC1)(O2)O3. The average Bonchev–Trinajstić information content (AvgIpc) is 3.35. The van der Waals surface area contributed by atoms with Crippen LogP contribution in [0, 0.1) is 0 Å². The number of fused-ring (bicyclic) bond motifs is 3. The first-order valence-corrected chi connectivity index (χ1v) is 54.0. The Kier molecular flexibility index (Phi) is 18.4. The smallest absolute Gasteiger partial charge is 0.417 e. The van der Waals surface area contributed by atoms with Gasteiger partial charge in [0.2, 0.25) is 0 Å². The van der Waals surface area contributed by atoms with Crippen molar-refractivity contribution in [2.24, 2.45) is 0 Å². The molecule has 22 heteroatoms. The molecular formula is C51H104O12Si10. The van der Waals surface area contributed by atoms with E-state index in [4.69, 9.17) is 49.4 Å². The number of rotatable bonds is 13. The topological polar surface area (TPSA) is 111 Å². The van der Waals surface area contributed by atoms with Gasteiger partial charge in [-0.25, -0.2) is 0 Å². The second-order valence-corrected chi connectivity index (χ2v) is 64.8. The fourth-order valence-electron chi connectivity index (χ4n) is 15.4. The lowest BCUT2D eigenvalue weighted by Crippen LogP contribution is -2.86. The summed E-state index contributed by atoms with van der Waals surface area (Å²) >= 11 is 0. The van der Waals surface area contributed by atoms with Crippen LogP contribution in [0.2, 0.25) is 97.7 Å². The van der Waals surface area contributed by atoms with E-state index in [9.17, 15) is 0 Å². The summed E-state index contributed by atoms with van der Waals surface area (Å²) in [5.74, 6) is 0. The fraction of sp³-hybridized carbons (Fsp3) is 1.00. The Labute approximate surface area is 455 Å². The molecule has 0 spiro atoms. The van der Waals surface area contributed by atoms with E-state index in [-0.39, 0.29) is 38.8 Å². The zero-order chi connectivity index (χ0) is 51.3. The lowest BCUT2D eigenvalue weighted by Gasteiger charge is -2.64. The predicted octanol–water partition coefficient (Wildman–Crippen LogP) is 16.6. The third kappa shape index (κ3) is 12.8. The molecule has 420 valence electrons. The first-order chi connectivity index (χ1) is 34.7. The van der Waals surface area contributed by atoms with E-state index in [0.29, 0.717) is 0 Å². The molecule has 0 aromatic carbocycles. The Hall–Kier alpha value is 1.69. The zero-order valence-electron chi connectivity index (χ0n) is 47.7. The highest BCUT2D eigenvalue weighted by Gasteiger charge is 2.84. The van der Waals surface area contributed by atoms with E-state index in [1.807, 2.05) is 0 Å². The van der Waals surface area contributed by atoms with Gasteiger partial charge in [0.25, 0.3) is 0 Å². The van der Waals surface area contributed by atoms with Crippen molar-refractivity contribution in [1.29, 1.82) is 0 Å². The summed E-state index contributed by atoms with van der Waals surface area (Å²) in [7, 11) is -35.8. The quantitative estimate of drug-likeness (QED) is 0.164. The molecular weight excluding hydrogens is 1090 g/mol. The van der Waals surface area contributed by atoms with E-state index in [1.54, 1.807) is 0 Å². The van der Waals surface area contributed by atoms with Gasteiger partial charge in [-0.15, -0.1) is 0 Å². The fourth-order valence-corrected chi connectivity index (χ4v) is 73.1. The lowest BCUT2D eigenvalue weighted by atomic mass is 10.0. The molecule has 3 heterocycles. The van der Waals surface area contributed by atoms with Gasteiger partial charge in [-0.05, 0) is 149 Å². The van der Waals surface area contributed by atoms with Gasteiger partial charge in [-0.3, -0.25) is 0 Å². The summed E-state index contributed by atoms with van der Waals surface area (Å²) in [6.07, 6.45) is 38.1. The Morgan fingerprint density at radius 2 is 0.370 bits per heavy atom. The molecule has 7 aliphatic carbocycles. The van der Waals surface area contributed by atoms with Gasteiger partial charge in [-0.1, -0.05) is 135 Å². The molecule has 0 radical (unpaired) electrons. The standard InChI is InChI=1S/C51H104O12Si10/c1-64(2,3)52-67(45-31-17-10-18-32-45)55-70(48-37-23-13-24-38-48)57-68(53-65(4,5)6,46-33-19-11-20-34-46)59-72(50-41-27-15-28-42-50)60-69(54-66(7,8)9,47-35-21-12-22-36-47)58-71(56-67,49-39-25-14-26-40-49)62-73(61-70,63-72)51-43-29-16-30-44-51/h45-51H,10-44H2,1-9H3. The van der Waals surface area contributed by atoms with E-state index in [1.165, 1.54) is 44.9 Å². The van der Waals surface area contributed by atoms with Crippen LogP contribution in [-0.4, -0.2) is 86.6 Å². The van der Waals surface area contributed by atoms with Crippen LogP contribution >= 0.6 is 0 Å². The second kappa shape index (κ2) is 23.1. The van der Waals surface area contributed by atoms with Crippen LogP contribution in [0.5, 0.6) is 0 Å². The summed E-state index contributed by atoms with van der Waals surface area (Å²) < 4.78 is 105. The van der Waals surface area contributed by atoms with Crippen molar-refractivity contribution in [1.82, 2.24) is 0 Å². The molecule has 10 aliphatic rings.